The van der Waals surface area contributed by atoms with Crippen LogP contribution in [0.15, 0.2) is 47.4 Å². The molecule has 2 aromatic rings. The van der Waals surface area contributed by atoms with Crippen LogP contribution in [0.2, 0.25) is 0 Å². The maximum Gasteiger partial charge on any atom is 0.273 e. The number of aryl methyl sites for hydroxylation is 1. The monoisotopic (exact) mass is 431 g/mol. The molecule has 1 unspecified atom stereocenters. The molecule has 160 valence electrons. The van der Waals surface area contributed by atoms with Crippen LogP contribution in [0.5, 0.6) is 0 Å². The third-order valence-electron chi connectivity index (χ3n) is 5.43. The molecule has 1 aliphatic heterocycles. The number of carbonyl (C=O) groups is 1. The number of nitrogens with zero attached hydrogens (tertiary/aromatic N) is 2. The highest BCUT2D eigenvalue weighted by Gasteiger charge is 2.28. The molecule has 0 aliphatic carbocycles. The molecule has 0 radical (unpaired) electrons. The van der Waals surface area contributed by atoms with Gasteiger partial charge in [-0.25, -0.2) is 13.1 Å². The smallest absolute Gasteiger partial charge is 0.273 e. The van der Waals surface area contributed by atoms with Crippen molar-refractivity contribution in [3.8, 4) is 0 Å². The first-order chi connectivity index (χ1) is 14.2. The fourth-order valence-electron chi connectivity index (χ4n) is 3.67. The van der Waals surface area contributed by atoms with Gasteiger partial charge in [-0.3, -0.25) is 14.9 Å². The highest BCUT2D eigenvalue weighted by Crippen LogP contribution is 2.25. The van der Waals surface area contributed by atoms with Crippen molar-refractivity contribution in [2.24, 2.45) is 5.92 Å². The minimum absolute atomic E-state index is 0.0260. The van der Waals surface area contributed by atoms with E-state index in [2.05, 4.69) is 4.72 Å². The summed E-state index contributed by atoms with van der Waals surface area (Å²) in [6.45, 7) is 4.64. The predicted molar refractivity (Wildman–Crippen MR) is 113 cm³/mol. The van der Waals surface area contributed by atoms with Crippen molar-refractivity contribution in [3.05, 3.63) is 69.3 Å². The zero-order chi connectivity index (χ0) is 21.9. The summed E-state index contributed by atoms with van der Waals surface area (Å²) in [4.78, 5) is 25.5. The molecule has 0 aromatic heterocycles. The average Bonchev–Trinajstić information content (AvgIpc) is 2.72. The first-order valence-corrected chi connectivity index (χ1v) is 11.3. The second-order valence-electron chi connectivity index (χ2n) is 7.63. The van der Waals surface area contributed by atoms with E-state index in [1.165, 1.54) is 12.1 Å². The zero-order valence-electron chi connectivity index (χ0n) is 17.0. The van der Waals surface area contributed by atoms with Gasteiger partial charge in [-0.15, -0.1) is 0 Å². The minimum atomic E-state index is -3.62. The first kappa shape index (κ1) is 21.9. The Hall–Kier alpha value is -2.78. The lowest BCUT2D eigenvalue weighted by Gasteiger charge is -2.33. The summed E-state index contributed by atoms with van der Waals surface area (Å²) >= 11 is 0. The van der Waals surface area contributed by atoms with Crippen LogP contribution in [0.3, 0.4) is 0 Å². The lowest BCUT2D eigenvalue weighted by molar-refractivity contribution is -0.385. The summed E-state index contributed by atoms with van der Waals surface area (Å²) in [6.07, 6.45) is 1.55. The molecule has 1 fully saturated rings. The van der Waals surface area contributed by atoms with Gasteiger partial charge < -0.3 is 4.90 Å². The summed E-state index contributed by atoms with van der Waals surface area (Å²) in [6, 6.07) is 11.1. The maximum atomic E-state index is 13.0. The van der Waals surface area contributed by atoms with Gasteiger partial charge in [-0.2, -0.15) is 0 Å². The van der Waals surface area contributed by atoms with Gasteiger partial charge in [0.15, 0.2) is 0 Å². The number of nitro groups is 1. The standard InChI is InChI=1S/C21H25N3O5S/c1-15-8-10-18(11-9-15)30(28,29)22-13-17-5-4-12-23(14-17)21(25)19-6-3-7-20(16(19)2)24(26)27/h3,6-11,17,22H,4-5,12-14H2,1-2H3. The van der Waals surface area contributed by atoms with Crippen molar-refractivity contribution in [3.63, 3.8) is 0 Å². The Labute approximate surface area is 176 Å². The molecule has 1 heterocycles. The summed E-state index contributed by atoms with van der Waals surface area (Å²) in [5.74, 6) is -0.288. The van der Waals surface area contributed by atoms with Crippen molar-refractivity contribution in [2.75, 3.05) is 19.6 Å². The van der Waals surface area contributed by atoms with Crippen molar-refractivity contribution in [1.29, 1.82) is 0 Å². The van der Waals surface area contributed by atoms with Gasteiger partial charge in [-0.1, -0.05) is 23.8 Å². The van der Waals surface area contributed by atoms with E-state index in [9.17, 15) is 23.3 Å². The number of carbonyl (C=O) groups excluding carboxylic acids is 1. The van der Waals surface area contributed by atoms with Gasteiger partial charge in [0.2, 0.25) is 10.0 Å². The van der Waals surface area contributed by atoms with Crippen LogP contribution in [-0.2, 0) is 10.0 Å². The van der Waals surface area contributed by atoms with E-state index in [4.69, 9.17) is 0 Å². The van der Waals surface area contributed by atoms with E-state index in [0.717, 1.165) is 18.4 Å². The number of nitro benzene ring substituents is 1. The molecular weight excluding hydrogens is 406 g/mol. The third-order valence-corrected chi connectivity index (χ3v) is 6.87. The van der Waals surface area contributed by atoms with Crippen molar-refractivity contribution in [1.82, 2.24) is 9.62 Å². The predicted octanol–water partition coefficient (Wildman–Crippen LogP) is 3.04. The van der Waals surface area contributed by atoms with E-state index < -0.39 is 14.9 Å². The lowest BCUT2D eigenvalue weighted by atomic mass is 9.97. The number of likely N-dealkylation sites (tertiary alicyclic amines) is 1. The van der Waals surface area contributed by atoms with Crippen LogP contribution < -0.4 is 4.72 Å². The van der Waals surface area contributed by atoms with E-state index in [1.54, 1.807) is 42.2 Å². The van der Waals surface area contributed by atoms with E-state index in [0.29, 0.717) is 24.2 Å². The van der Waals surface area contributed by atoms with Crippen LogP contribution in [0.4, 0.5) is 5.69 Å². The van der Waals surface area contributed by atoms with Gasteiger partial charge in [0, 0.05) is 36.8 Å². The number of hydrogen-bond donors (Lipinski definition) is 1. The SMILES string of the molecule is Cc1ccc(S(=O)(=O)NCC2CCCN(C(=O)c3cccc([N+](=O)[O-])c3C)C2)cc1. The number of nitrogens with one attached hydrogen (secondary N) is 1. The number of rotatable bonds is 6. The Balaban J connectivity index is 1.67. The largest absolute Gasteiger partial charge is 0.338 e. The molecule has 1 amide bonds. The molecule has 1 atom stereocenters. The van der Waals surface area contributed by atoms with Crippen LogP contribution in [0, 0.1) is 29.9 Å². The number of piperidine rings is 1. The molecule has 1 aliphatic rings. The van der Waals surface area contributed by atoms with Crippen molar-refractivity contribution < 1.29 is 18.1 Å². The normalized spacial score (nSPS) is 17.0. The van der Waals surface area contributed by atoms with E-state index in [-0.39, 0.29) is 29.0 Å². The van der Waals surface area contributed by atoms with Gasteiger partial charge in [0.25, 0.3) is 11.6 Å². The number of benzene rings is 2. The van der Waals surface area contributed by atoms with Crippen LogP contribution in [0.25, 0.3) is 0 Å². The average molecular weight is 432 g/mol. The summed E-state index contributed by atoms with van der Waals surface area (Å²) in [7, 11) is -3.62. The maximum absolute atomic E-state index is 13.0. The van der Waals surface area contributed by atoms with E-state index >= 15 is 0 Å². The second kappa shape index (κ2) is 8.93. The zero-order valence-corrected chi connectivity index (χ0v) is 17.8. The molecule has 0 bridgehead atoms. The third kappa shape index (κ3) is 4.85. The molecule has 8 nitrogen and oxygen atoms in total. The van der Waals surface area contributed by atoms with Crippen LogP contribution in [0.1, 0.15) is 34.3 Å². The van der Waals surface area contributed by atoms with Crippen molar-refractivity contribution >= 4 is 21.6 Å². The van der Waals surface area contributed by atoms with E-state index in [1.807, 2.05) is 6.92 Å². The highest BCUT2D eigenvalue weighted by atomic mass is 32.2. The molecule has 1 N–H and O–H groups in total. The molecule has 3 rings (SSSR count). The first-order valence-electron chi connectivity index (χ1n) is 9.78. The summed E-state index contributed by atoms with van der Waals surface area (Å²) in [5, 5.41) is 11.2. The Kier molecular flexibility index (Phi) is 6.52. The summed E-state index contributed by atoms with van der Waals surface area (Å²) < 4.78 is 27.7. The molecule has 2 aromatic carbocycles. The summed E-state index contributed by atoms with van der Waals surface area (Å²) in [5.41, 5.74) is 1.55. The Bertz CT molecular complexity index is 1050. The fourth-order valence-corrected chi connectivity index (χ4v) is 4.78. The molecule has 1 saturated heterocycles. The lowest BCUT2D eigenvalue weighted by Crippen LogP contribution is -2.43. The number of amides is 1. The Morgan fingerprint density at radius 1 is 1.20 bits per heavy atom. The Morgan fingerprint density at radius 3 is 2.57 bits per heavy atom. The van der Waals surface area contributed by atoms with Gasteiger partial charge in [0.05, 0.1) is 9.82 Å². The Morgan fingerprint density at radius 2 is 1.90 bits per heavy atom. The molecule has 9 heteroatoms. The van der Waals surface area contributed by atoms with Crippen molar-refractivity contribution in [2.45, 2.75) is 31.6 Å². The molecule has 30 heavy (non-hydrogen) atoms. The van der Waals surface area contributed by atoms with Gasteiger partial charge in [0.1, 0.15) is 0 Å². The van der Waals surface area contributed by atoms with Gasteiger partial charge >= 0.3 is 0 Å². The van der Waals surface area contributed by atoms with Crippen LogP contribution >= 0.6 is 0 Å². The van der Waals surface area contributed by atoms with Crippen LogP contribution in [-0.4, -0.2) is 43.8 Å². The highest BCUT2D eigenvalue weighted by molar-refractivity contribution is 7.89. The molecular formula is C21H25N3O5S. The number of hydrogen-bond acceptors (Lipinski definition) is 5. The molecule has 0 saturated carbocycles. The fraction of sp³-hybridized carbons (Fsp3) is 0.381. The van der Waals surface area contributed by atoms with Gasteiger partial charge in [-0.05, 0) is 50.8 Å². The molecule has 0 spiro atoms. The second-order valence-corrected chi connectivity index (χ2v) is 9.40. The quantitative estimate of drug-likeness (QED) is 0.558. The number of sulfonamides is 1. The minimum Gasteiger partial charge on any atom is -0.338 e. The topological polar surface area (TPSA) is 110 Å².